The van der Waals surface area contributed by atoms with Crippen LogP contribution in [0.5, 0.6) is 0 Å². The van der Waals surface area contributed by atoms with Crippen molar-refractivity contribution in [2.24, 2.45) is 0 Å². The Morgan fingerprint density at radius 3 is 2.29 bits per heavy atom. The molecule has 1 rings (SSSR count). The van der Waals surface area contributed by atoms with E-state index in [-0.39, 0.29) is 5.91 Å². The lowest BCUT2D eigenvalue weighted by Crippen LogP contribution is -2.38. The fraction of sp³-hybridized carbons (Fsp3) is 0.909. The summed E-state index contributed by atoms with van der Waals surface area (Å²) in [4.78, 5) is 15.4. The number of likely N-dealkylation sites (N-methyl/N-ethyl adjacent to an activating group) is 1. The van der Waals surface area contributed by atoms with Crippen LogP contribution in [0, 0.1) is 0 Å². The average Bonchev–Trinajstić information content (AvgIpc) is 2.32. The van der Waals surface area contributed by atoms with Crippen molar-refractivity contribution in [3.63, 3.8) is 0 Å². The molecule has 1 saturated heterocycles. The van der Waals surface area contributed by atoms with Crippen molar-refractivity contribution >= 4 is 5.91 Å². The molecule has 0 spiro atoms. The Hall–Kier alpha value is -0.570. The van der Waals surface area contributed by atoms with Gasteiger partial charge >= 0.3 is 0 Å². The number of hydrogen-bond acceptors (Lipinski definition) is 2. The van der Waals surface area contributed by atoms with Crippen LogP contribution in [0.4, 0.5) is 0 Å². The summed E-state index contributed by atoms with van der Waals surface area (Å²) in [6, 6.07) is 0.410. The Kier molecular flexibility index (Phi) is 6.54. The molecule has 0 aliphatic carbocycles. The predicted molar refractivity (Wildman–Crippen MR) is 60.3 cm³/mol. The van der Waals surface area contributed by atoms with Gasteiger partial charge in [-0.1, -0.05) is 13.8 Å². The van der Waals surface area contributed by atoms with Gasteiger partial charge in [-0.3, -0.25) is 4.79 Å². The quantitative estimate of drug-likeness (QED) is 0.593. The second-order valence-corrected chi connectivity index (χ2v) is 3.65. The lowest BCUT2D eigenvalue weighted by Gasteiger charge is -2.25. The van der Waals surface area contributed by atoms with E-state index in [1.807, 2.05) is 18.7 Å². The molecule has 14 heavy (non-hydrogen) atoms. The molecule has 1 heterocycles. The first kappa shape index (κ1) is 13.4. The van der Waals surface area contributed by atoms with E-state index >= 15 is 0 Å². The second-order valence-electron chi connectivity index (χ2n) is 3.65. The molecule has 0 aromatic carbocycles. The molecule has 1 atom stereocenters. The minimum absolute atomic E-state index is 0.206. The molecular formula is C11H24N2O. The third-order valence-corrected chi connectivity index (χ3v) is 2.59. The summed E-state index contributed by atoms with van der Waals surface area (Å²) in [5, 5.41) is 0. The smallest absolute Gasteiger partial charge is 0.219 e. The van der Waals surface area contributed by atoms with Crippen LogP contribution in [0.15, 0.2) is 0 Å². The summed E-state index contributed by atoms with van der Waals surface area (Å²) in [6.45, 7) is 10.8. The fourth-order valence-corrected chi connectivity index (χ4v) is 1.64. The molecule has 3 nitrogen and oxygen atoms in total. The molecule has 1 aliphatic heterocycles. The van der Waals surface area contributed by atoms with Crippen molar-refractivity contribution in [1.82, 2.24) is 9.80 Å². The zero-order chi connectivity index (χ0) is 11.1. The molecule has 3 heteroatoms. The highest BCUT2D eigenvalue weighted by molar-refractivity contribution is 5.73. The van der Waals surface area contributed by atoms with Gasteiger partial charge in [-0.15, -0.1) is 0 Å². The molecule has 0 radical (unpaired) electrons. The first-order valence-corrected chi connectivity index (χ1v) is 5.57. The van der Waals surface area contributed by atoms with Crippen LogP contribution in [-0.4, -0.2) is 48.4 Å². The van der Waals surface area contributed by atoms with Gasteiger partial charge in [0.1, 0.15) is 0 Å². The SMILES string of the molecule is CC.CC(=O)N1CCN(C)CCC1C. The number of nitrogens with zero attached hydrogens (tertiary/aromatic N) is 2. The van der Waals surface area contributed by atoms with E-state index in [0.717, 1.165) is 26.1 Å². The highest BCUT2D eigenvalue weighted by Gasteiger charge is 2.20. The molecule has 1 amide bonds. The van der Waals surface area contributed by atoms with Crippen LogP contribution in [0.3, 0.4) is 0 Å². The van der Waals surface area contributed by atoms with Gasteiger partial charge in [0.05, 0.1) is 0 Å². The Balaban J connectivity index is 0.000000791. The molecule has 1 fully saturated rings. The minimum atomic E-state index is 0.206. The van der Waals surface area contributed by atoms with E-state index < -0.39 is 0 Å². The number of rotatable bonds is 0. The van der Waals surface area contributed by atoms with Crippen LogP contribution < -0.4 is 0 Å². The van der Waals surface area contributed by atoms with Crippen LogP contribution in [0.2, 0.25) is 0 Å². The van der Waals surface area contributed by atoms with Crippen LogP contribution in [0.25, 0.3) is 0 Å². The van der Waals surface area contributed by atoms with Crippen molar-refractivity contribution < 1.29 is 4.79 Å². The van der Waals surface area contributed by atoms with E-state index in [9.17, 15) is 4.79 Å². The maximum Gasteiger partial charge on any atom is 0.219 e. The van der Waals surface area contributed by atoms with Crippen LogP contribution in [0.1, 0.15) is 34.1 Å². The van der Waals surface area contributed by atoms with Gasteiger partial charge < -0.3 is 9.80 Å². The van der Waals surface area contributed by atoms with Gasteiger partial charge in [-0.2, -0.15) is 0 Å². The molecule has 1 unspecified atom stereocenters. The first-order chi connectivity index (χ1) is 6.61. The summed E-state index contributed by atoms with van der Waals surface area (Å²) in [7, 11) is 2.11. The van der Waals surface area contributed by atoms with Crippen LogP contribution in [-0.2, 0) is 4.79 Å². The zero-order valence-electron chi connectivity index (χ0n) is 10.2. The van der Waals surface area contributed by atoms with Crippen molar-refractivity contribution in [2.75, 3.05) is 26.7 Å². The normalized spacial score (nSPS) is 23.5. The molecule has 84 valence electrons. The van der Waals surface area contributed by atoms with Gasteiger partial charge in [-0.05, 0) is 26.9 Å². The van der Waals surface area contributed by atoms with E-state index in [2.05, 4.69) is 18.9 Å². The predicted octanol–water partition coefficient (Wildman–Crippen LogP) is 1.59. The van der Waals surface area contributed by atoms with Gasteiger partial charge in [0, 0.05) is 26.1 Å². The lowest BCUT2D eigenvalue weighted by molar-refractivity contribution is -0.130. The maximum atomic E-state index is 11.2. The third kappa shape index (κ3) is 4.09. The summed E-state index contributed by atoms with van der Waals surface area (Å²) in [6.07, 6.45) is 1.09. The van der Waals surface area contributed by atoms with E-state index in [4.69, 9.17) is 0 Å². The van der Waals surface area contributed by atoms with Crippen molar-refractivity contribution in [1.29, 1.82) is 0 Å². The fourth-order valence-electron chi connectivity index (χ4n) is 1.64. The molecule has 0 aromatic heterocycles. The topological polar surface area (TPSA) is 23.6 Å². The molecule has 0 N–H and O–H groups in total. The Morgan fingerprint density at radius 1 is 1.21 bits per heavy atom. The Bertz CT molecular complexity index is 171. The molecule has 0 aromatic rings. The number of carbonyl (C=O) groups is 1. The number of carbonyl (C=O) groups excluding carboxylic acids is 1. The summed E-state index contributed by atoms with van der Waals surface area (Å²) in [5.74, 6) is 0.206. The molecular weight excluding hydrogens is 176 g/mol. The first-order valence-electron chi connectivity index (χ1n) is 5.57. The average molecular weight is 200 g/mol. The van der Waals surface area contributed by atoms with Crippen molar-refractivity contribution in [3.8, 4) is 0 Å². The second kappa shape index (κ2) is 6.82. The largest absolute Gasteiger partial charge is 0.339 e. The summed E-state index contributed by atoms with van der Waals surface area (Å²) >= 11 is 0. The van der Waals surface area contributed by atoms with Crippen molar-refractivity contribution in [2.45, 2.75) is 40.2 Å². The third-order valence-electron chi connectivity index (χ3n) is 2.59. The minimum Gasteiger partial charge on any atom is -0.339 e. The lowest BCUT2D eigenvalue weighted by atomic mass is 10.2. The zero-order valence-corrected chi connectivity index (χ0v) is 10.2. The van der Waals surface area contributed by atoms with Gasteiger partial charge in [-0.25, -0.2) is 0 Å². The van der Waals surface area contributed by atoms with Gasteiger partial charge in [0.25, 0.3) is 0 Å². The summed E-state index contributed by atoms with van der Waals surface area (Å²) in [5.41, 5.74) is 0. The molecule has 0 bridgehead atoms. The molecule has 0 saturated carbocycles. The van der Waals surface area contributed by atoms with E-state index in [1.54, 1.807) is 6.92 Å². The van der Waals surface area contributed by atoms with Crippen molar-refractivity contribution in [3.05, 3.63) is 0 Å². The monoisotopic (exact) mass is 200 g/mol. The van der Waals surface area contributed by atoms with E-state index in [0.29, 0.717) is 6.04 Å². The van der Waals surface area contributed by atoms with Gasteiger partial charge in [0.2, 0.25) is 5.91 Å². The van der Waals surface area contributed by atoms with Gasteiger partial charge in [0.15, 0.2) is 0 Å². The maximum absolute atomic E-state index is 11.2. The number of hydrogen-bond donors (Lipinski definition) is 0. The molecule has 1 aliphatic rings. The summed E-state index contributed by atoms with van der Waals surface area (Å²) < 4.78 is 0. The van der Waals surface area contributed by atoms with E-state index in [1.165, 1.54) is 0 Å². The standard InChI is InChI=1S/C9H18N2O.C2H6/c1-8-4-5-10(3)6-7-11(8)9(2)12;1-2/h8H,4-7H2,1-3H3;1-2H3. The highest BCUT2D eigenvalue weighted by atomic mass is 16.2. The Morgan fingerprint density at radius 2 is 1.79 bits per heavy atom. The highest BCUT2D eigenvalue weighted by Crippen LogP contribution is 2.09. The number of amides is 1. The Labute approximate surface area is 88.1 Å². The van der Waals surface area contributed by atoms with Crippen LogP contribution >= 0.6 is 0 Å².